The fourth-order valence-corrected chi connectivity index (χ4v) is 2.87. The maximum absolute atomic E-state index is 12.2. The van der Waals surface area contributed by atoms with E-state index in [1.165, 1.54) is 12.1 Å². The van der Waals surface area contributed by atoms with Crippen molar-refractivity contribution in [1.29, 1.82) is 0 Å². The number of para-hydroxylation sites is 1. The van der Waals surface area contributed by atoms with Gasteiger partial charge in [-0.15, -0.1) is 0 Å². The number of nitro groups is 1. The first-order chi connectivity index (χ1) is 14.6. The maximum atomic E-state index is 12.2. The molecule has 0 bridgehead atoms. The van der Waals surface area contributed by atoms with Crippen LogP contribution < -0.4 is 4.74 Å². The van der Waals surface area contributed by atoms with Crippen LogP contribution in [0.3, 0.4) is 0 Å². The smallest absolute Gasteiger partial charge is 0.363 e. The van der Waals surface area contributed by atoms with E-state index in [4.69, 9.17) is 9.47 Å². The molecule has 0 radical (unpaired) electrons. The predicted octanol–water partition coefficient (Wildman–Crippen LogP) is 4.52. The van der Waals surface area contributed by atoms with Crippen molar-refractivity contribution in [3.63, 3.8) is 0 Å². The van der Waals surface area contributed by atoms with Gasteiger partial charge in [0.15, 0.2) is 5.70 Å². The summed E-state index contributed by atoms with van der Waals surface area (Å²) in [7, 11) is 0. The zero-order valence-corrected chi connectivity index (χ0v) is 15.7. The number of hydrogen-bond acceptors (Lipinski definition) is 6. The quantitative estimate of drug-likeness (QED) is 0.263. The molecule has 0 saturated carbocycles. The molecule has 1 aliphatic rings. The van der Waals surface area contributed by atoms with E-state index >= 15 is 0 Å². The summed E-state index contributed by atoms with van der Waals surface area (Å²) in [6, 6.07) is 22.6. The minimum Gasteiger partial charge on any atom is -0.488 e. The number of hydrogen-bond donors (Lipinski definition) is 0. The molecule has 30 heavy (non-hydrogen) atoms. The Morgan fingerprint density at radius 2 is 1.67 bits per heavy atom. The van der Waals surface area contributed by atoms with Gasteiger partial charge in [0, 0.05) is 23.3 Å². The van der Waals surface area contributed by atoms with E-state index in [1.54, 1.807) is 24.3 Å². The molecule has 0 atom stereocenters. The monoisotopic (exact) mass is 400 g/mol. The van der Waals surface area contributed by atoms with Crippen LogP contribution in [-0.4, -0.2) is 16.8 Å². The lowest BCUT2D eigenvalue weighted by molar-refractivity contribution is -0.384. The topological polar surface area (TPSA) is 91.0 Å². The van der Waals surface area contributed by atoms with Crippen molar-refractivity contribution in [3.8, 4) is 5.75 Å². The highest BCUT2D eigenvalue weighted by Gasteiger charge is 2.24. The molecule has 0 aliphatic carbocycles. The molecule has 0 amide bonds. The minimum atomic E-state index is -0.529. The van der Waals surface area contributed by atoms with Crippen molar-refractivity contribution >= 4 is 23.6 Å². The van der Waals surface area contributed by atoms with Crippen molar-refractivity contribution in [3.05, 3.63) is 111 Å². The van der Waals surface area contributed by atoms with Crippen LogP contribution in [0, 0.1) is 10.1 Å². The Labute approximate surface area is 172 Å². The Morgan fingerprint density at radius 1 is 0.967 bits per heavy atom. The zero-order chi connectivity index (χ0) is 20.9. The van der Waals surface area contributed by atoms with Gasteiger partial charge in [0.05, 0.1) is 4.92 Å². The lowest BCUT2D eigenvalue weighted by atomic mass is 10.1. The zero-order valence-electron chi connectivity index (χ0n) is 15.7. The largest absolute Gasteiger partial charge is 0.488 e. The SMILES string of the molecule is O=C1OC(c2ccccc2)=N/C1=C/c1ccccc1OCc1ccc([N+](=O)[O-])cc1. The number of carbonyl (C=O) groups excluding carboxylic acids is 1. The molecule has 4 rings (SSSR count). The fraction of sp³-hybridized carbons (Fsp3) is 0.0435. The van der Waals surface area contributed by atoms with Gasteiger partial charge in [0.2, 0.25) is 5.90 Å². The Hall–Kier alpha value is -4.26. The lowest BCUT2D eigenvalue weighted by Crippen LogP contribution is -2.05. The van der Waals surface area contributed by atoms with E-state index in [-0.39, 0.29) is 23.9 Å². The van der Waals surface area contributed by atoms with E-state index in [0.717, 1.165) is 11.1 Å². The van der Waals surface area contributed by atoms with Crippen molar-refractivity contribution in [1.82, 2.24) is 0 Å². The van der Waals surface area contributed by atoms with Gasteiger partial charge in [-0.05, 0) is 42.0 Å². The molecular weight excluding hydrogens is 384 g/mol. The number of nitrogens with zero attached hydrogens (tertiary/aromatic N) is 2. The van der Waals surface area contributed by atoms with Gasteiger partial charge < -0.3 is 9.47 Å². The number of carbonyl (C=O) groups is 1. The lowest BCUT2D eigenvalue weighted by Gasteiger charge is -2.09. The molecule has 0 unspecified atom stereocenters. The Bertz CT molecular complexity index is 1150. The maximum Gasteiger partial charge on any atom is 0.363 e. The first kappa shape index (κ1) is 19.1. The second kappa shape index (κ2) is 8.40. The van der Waals surface area contributed by atoms with Crippen LogP contribution in [0.2, 0.25) is 0 Å². The summed E-state index contributed by atoms with van der Waals surface area (Å²) in [5, 5.41) is 10.8. The van der Waals surface area contributed by atoms with Crippen LogP contribution in [0.15, 0.2) is 89.6 Å². The van der Waals surface area contributed by atoms with Crippen LogP contribution >= 0.6 is 0 Å². The van der Waals surface area contributed by atoms with Gasteiger partial charge in [-0.3, -0.25) is 10.1 Å². The molecule has 7 nitrogen and oxygen atoms in total. The molecule has 3 aromatic rings. The van der Waals surface area contributed by atoms with Crippen LogP contribution in [0.25, 0.3) is 6.08 Å². The average Bonchev–Trinajstić information content (AvgIpc) is 3.14. The third kappa shape index (κ3) is 4.25. The Morgan fingerprint density at radius 3 is 2.40 bits per heavy atom. The third-order valence-electron chi connectivity index (χ3n) is 4.39. The first-order valence-corrected chi connectivity index (χ1v) is 9.13. The van der Waals surface area contributed by atoms with Gasteiger partial charge in [0.25, 0.3) is 5.69 Å². The predicted molar refractivity (Wildman–Crippen MR) is 111 cm³/mol. The summed E-state index contributed by atoms with van der Waals surface area (Å²) in [4.78, 5) is 26.9. The highest BCUT2D eigenvalue weighted by molar-refractivity contribution is 6.12. The summed E-state index contributed by atoms with van der Waals surface area (Å²) in [6.07, 6.45) is 1.61. The standard InChI is InChI=1S/C23H16N2O5/c26-23-20(24-22(30-23)17-6-2-1-3-7-17)14-18-8-4-5-9-21(18)29-15-16-10-12-19(13-11-16)25(27)28/h1-14H,15H2/b20-14+. The Kier molecular flexibility index (Phi) is 5.34. The summed E-state index contributed by atoms with van der Waals surface area (Å²) < 4.78 is 11.1. The second-order valence-electron chi connectivity index (χ2n) is 6.45. The van der Waals surface area contributed by atoms with Crippen molar-refractivity contribution in [2.75, 3.05) is 0 Å². The molecule has 0 spiro atoms. The molecule has 148 valence electrons. The normalized spacial score (nSPS) is 14.3. The molecule has 1 aliphatic heterocycles. The Balaban J connectivity index is 1.54. The average molecular weight is 400 g/mol. The summed E-state index contributed by atoms with van der Waals surface area (Å²) in [5.41, 5.74) is 2.38. The molecule has 3 aromatic carbocycles. The number of aliphatic imine (C=N–C) groups is 1. The molecule has 0 aromatic heterocycles. The van der Waals surface area contributed by atoms with Gasteiger partial charge in [0.1, 0.15) is 12.4 Å². The fourth-order valence-electron chi connectivity index (χ4n) is 2.87. The van der Waals surface area contributed by atoms with Crippen molar-refractivity contribution < 1.29 is 19.2 Å². The van der Waals surface area contributed by atoms with Crippen molar-refractivity contribution in [2.24, 2.45) is 4.99 Å². The van der Waals surface area contributed by atoms with E-state index in [1.807, 2.05) is 48.5 Å². The number of non-ortho nitro benzene ring substituents is 1. The molecular formula is C23H16N2O5. The van der Waals surface area contributed by atoms with Gasteiger partial charge >= 0.3 is 5.97 Å². The number of benzene rings is 3. The highest BCUT2D eigenvalue weighted by Crippen LogP contribution is 2.25. The van der Waals surface area contributed by atoms with E-state index < -0.39 is 10.9 Å². The summed E-state index contributed by atoms with van der Waals surface area (Å²) in [6.45, 7) is 0.223. The molecule has 0 saturated heterocycles. The van der Waals surface area contributed by atoms with Crippen LogP contribution in [-0.2, 0) is 16.1 Å². The highest BCUT2D eigenvalue weighted by atomic mass is 16.6. The number of rotatable bonds is 6. The van der Waals surface area contributed by atoms with E-state index in [0.29, 0.717) is 11.3 Å². The van der Waals surface area contributed by atoms with E-state index in [9.17, 15) is 14.9 Å². The molecule has 1 heterocycles. The molecule has 0 N–H and O–H groups in total. The van der Waals surface area contributed by atoms with Crippen LogP contribution in [0.1, 0.15) is 16.7 Å². The number of cyclic esters (lactones) is 1. The minimum absolute atomic E-state index is 0.0238. The molecule has 7 heteroatoms. The third-order valence-corrected chi connectivity index (χ3v) is 4.39. The van der Waals surface area contributed by atoms with Crippen LogP contribution in [0.4, 0.5) is 5.69 Å². The van der Waals surface area contributed by atoms with Gasteiger partial charge in [-0.2, -0.15) is 0 Å². The number of esters is 1. The summed E-state index contributed by atoms with van der Waals surface area (Å²) >= 11 is 0. The number of nitro benzene ring substituents is 1. The molecule has 0 fully saturated rings. The van der Waals surface area contributed by atoms with E-state index in [2.05, 4.69) is 4.99 Å². The van der Waals surface area contributed by atoms with Crippen LogP contribution in [0.5, 0.6) is 5.75 Å². The van der Waals surface area contributed by atoms with Crippen molar-refractivity contribution in [2.45, 2.75) is 6.61 Å². The first-order valence-electron chi connectivity index (χ1n) is 9.13. The summed E-state index contributed by atoms with van der Waals surface area (Å²) in [5.74, 6) is 0.287. The van der Waals surface area contributed by atoms with Gasteiger partial charge in [-0.25, -0.2) is 9.79 Å². The second-order valence-corrected chi connectivity index (χ2v) is 6.45. The number of ether oxygens (including phenoxy) is 2. The van der Waals surface area contributed by atoms with Gasteiger partial charge in [-0.1, -0.05) is 36.4 Å².